The number of aromatic nitrogens is 1. The fraction of sp³-hybridized carbons (Fsp3) is 0.190. The van der Waals surface area contributed by atoms with Crippen LogP contribution in [-0.4, -0.2) is 23.0 Å². The maximum Gasteiger partial charge on any atom is 0.319 e. The van der Waals surface area contributed by atoms with Crippen molar-refractivity contribution >= 4 is 45.7 Å². The maximum atomic E-state index is 12.4. The summed E-state index contributed by atoms with van der Waals surface area (Å²) >= 11 is 7.61. The number of anilines is 2. The topological polar surface area (TPSA) is 83.1 Å². The minimum absolute atomic E-state index is 0.0427. The molecule has 0 fully saturated rings. The van der Waals surface area contributed by atoms with Crippen LogP contribution < -0.4 is 16.0 Å². The zero-order chi connectivity index (χ0) is 20.8. The van der Waals surface area contributed by atoms with Crippen LogP contribution in [0.2, 0.25) is 5.02 Å². The Bertz CT molecular complexity index is 1000. The first-order valence-corrected chi connectivity index (χ1v) is 10.3. The lowest BCUT2D eigenvalue weighted by molar-refractivity contribution is 0.102. The standard InChI is InChI=1S/C21H21ClN4O2S/c1-13(2)24-20(28)25-16-9-7-14(8-10-16)19(27)26-21-23-12-17(29-21)11-15-5-3-4-6-18(15)22/h3-10,12-13H,11H2,1-2H3,(H,23,26,27)(H2,24,25,28). The fourth-order valence-corrected chi connectivity index (χ4v) is 3.61. The van der Waals surface area contributed by atoms with Gasteiger partial charge in [-0.2, -0.15) is 0 Å². The van der Waals surface area contributed by atoms with E-state index in [4.69, 9.17) is 11.6 Å². The second-order valence-electron chi connectivity index (χ2n) is 6.68. The lowest BCUT2D eigenvalue weighted by Crippen LogP contribution is -2.34. The summed E-state index contributed by atoms with van der Waals surface area (Å²) in [6, 6.07) is 14.1. The van der Waals surface area contributed by atoms with Crippen molar-refractivity contribution in [1.82, 2.24) is 10.3 Å². The van der Waals surface area contributed by atoms with Crippen LogP contribution in [0.4, 0.5) is 15.6 Å². The number of halogens is 1. The third kappa shape index (κ3) is 6.04. The second-order valence-corrected chi connectivity index (χ2v) is 8.21. The Balaban J connectivity index is 1.58. The van der Waals surface area contributed by atoms with Crippen molar-refractivity contribution in [3.05, 3.63) is 75.8 Å². The van der Waals surface area contributed by atoms with Crippen molar-refractivity contribution in [3.8, 4) is 0 Å². The largest absolute Gasteiger partial charge is 0.336 e. The number of benzene rings is 2. The number of rotatable bonds is 6. The lowest BCUT2D eigenvalue weighted by Gasteiger charge is -2.10. The summed E-state index contributed by atoms with van der Waals surface area (Å²) in [5.41, 5.74) is 2.10. The molecule has 0 unspecified atom stereocenters. The van der Waals surface area contributed by atoms with Gasteiger partial charge in [0.2, 0.25) is 0 Å². The van der Waals surface area contributed by atoms with E-state index in [1.54, 1.807) is 30.5 Å². The van der Waals surface area contributed by atoms with Crippen LogP contribution >= 0.6 is 22.9 Å². The van der Waals surface area contributed by atoms with Gasteiger partial charge in [0.1, 0.15) is 0 Å². The van der Waals surface area contributed by atoms with Gasteiger partial charge in [-0.25, -0.2) is 9.78 Å². The molecule has 0 saturated heterocycles. The molecule has 1 heterocycles. The van der Waals surface area contributed by atoms with Gasteiger partial charge in [-0.15, -0.1) is 11.3 Å². The molecule has 29 heavy (non-hydrogen) atoms. The quantitative estimate of drug-likeness (QED) is 0.506. The molecule has 3 amide bonds. The van der Waals surface area contributed by atoms with Gasteiger partial charge < -0.3 is 10.6 Å². The first kappa shape index (κ1) is 20.8. The van der Waals surface area contributed by atoms with Crippen LogP contribution in [-0.2, 0) is 6.42 Å². The lowest BCUT2D eigenvalue weighted by atomic mass is 10.1. The molecular formula is C21H21ClN4O2S. The highest BCUT2D eigenvalue weighted by molar-refractivity contribution is 7.15. The molecule has 8 heteroatoms. The second kappa shape index (κ2) is 9.54. The zero-order valence-electron chi connectivity index (χ0n) is 16.0. The van der Waals surface area contributed by atoms with Crippen molar-refractivity contribution in [1.29, 1.82) is 0 Å². The molecule has 1 aromatic heterocycles. The number of carbonyl (C=O) groups excluding carboxylic acids is 2. The SMILES string of the molecule is CC(C)NC(=O)Nc1ccc(C(=O)Nc2ncc(Cc3ccccc3Cl)s2)cc1. The van der Waals surface area contributed by atoms with E-state index < -0.39 is 0 Å². The van der Waals surface area contributed by atoms with Gasteiger partial charge in [0.25, 0.3) is 5.91 Å². The van der Waals surface area contributed by atoms with Crippen LogP contribution in [0.5, 0.6) is 0 Å². The summed E-state index contributed by atoms with van der Waals surface area (Å²) in [4.78, 5) is 29.4. The van der Waals surface area contributed by atoms with E-state index in [1.807, 2.05) is 38.1 Å². The average Bonchev–Trinajstić information content (AvgIpc) is 3.10. The molecule has 0 bridgehead atoms. The summed E-state index contributed by atoms with van der Waals surface area (Å²) in [6.45, 7) is 3.76. The Hall–Kier alpha value is -2.90. The number of thiazole rings is 1. The molecule has 3 aromatic rings. The molecule has 0 aliphatic rings. The first-order valence-electron chi connectivity index (χ1n) is 9.08. The molecule has 0 radical (unpaired) electrons. The maximum absolute atomic E-state index is 12.4. The predicted octanol–water partition coefficient (Wildman–Crippen LogP) is 5.17. The van der Waals surface area contributed by atoms with Gasteiger partial charge in [0.05, 0.1) is 0 Å². The van der Waals surface area contributed by atoms with Gasteiger partial charge in [0.15, 0.2) is 5.13 Å². The Kier molecular flexibility index (Phi) is 6.85. The van der Waals surface area contributed by atoms with Crippen LogP contribution in [0.15, 0.2) is 54.7 Å². The Morgan fingerprint density at radius 2 is 1.79 bits per heavy atom. The van der Waals surface area contributed by atoms with Crippen molar-refractivity contribution in [3.63, 3.8) is 0 Å². The van der Waals surface area contributed by atoms with Crippen molar-refractivity contribution < 1.29 is 9.59 Å². The smallest absolute Gasteiger partial charge is 0.319 e. The van der Waals surface area contributed by atoms with E-state index in [0.29, 0.717) is 27.8 Å². The number of nitrogens with one attached hydrogen (secondary N) is 3. The predicted molar refractivity (Wildman–Crippen MR) is 118 cm³/mol. The zero-order valence-corrected chi connectivity index (χ0v) is 17.6. The average molecular weight is 429 g/mol. The van der Waals surface area contributed by atoms with E-state index in [9.17, 15) is 9.59 Å². The van der Waals surface area contributed by atoms with Crippen molar-refractivity contribution in [2.75, 3.05) is 10.6 Å². The molecule has 3 rings (SSSR count). The van der Waals surface area contributed by atoms with Crippen molar-refractivity contribution in [2.45, 2.75) is 26.3 Å². The Labute approximate surface area is 178 Å². The summed E-state index contributed by atoms with van der Waals surface area (Å²) < 4.78 is 0. The van der Waals surface area contributed by atoms with Gasteiger partial charge in [-0.3, -0.25) is 10.1 Å². The third-order valence-corrected chi connectivity index (χ3v) is 5.20. The van der Waals surface area contributed by atoms with E-state index in [0.717, 1.165) is 10.4 Å². The highest BCUT2D eigenvalue weighted by atomic mass is 35.5. The van der Waals surface area contributed by atoms with Crippen LogP contribution in [0.3, 0.4) is 0 Å². The van der Waals surface area contributed by atoms with E-state index in [-0.39, 0.29) is 18.0 Å². The number of hydrogen-bond donors (Lipinski definition) is 3. The highest BCUT2D eigenvalue weighted by Gasteiger charge is 2.11. The molecule has 0 aliphatic heterocycles. The number of carbonyl (C=O) groups is 2. The molecule has 2 aromatic carbocycles. The van der Waals surface area contributed by atoms with Crippen LogP contribution in [0.1, 0.15) is 34.6 Å². The van der Waals surface area contributed by atoms with E-state index >= 15 is 0 Å². The summed E-state index contributed by atoms with van der Waals surface area (Å²) in [5.74, 6) is -0.262. The molecular weight excluding hydrogens is 408 g/mol. The fourth-order valence-electron chi connectivity index (χ4n) is 2.58. The number of urea groups is 1. The number of hydrogen-bond acceptors (Lipinski definition) is 4. The minimum Gasteiger partial charge on any atom is -0.336 e. The van der Waals surface area contributed by atoms with Crippen molar-refractivity contribution in [2.24, 2.45) is 0 Å². The minimum atomic E-state index is -0.286. The number of amides is 3. The molecule has 150 valence electrons. The first-order chi connectivity index (χ1) is 13.9. The van der Waals surface area contributed by atoms with Gasteiger partial charge in [-0.05, 0) is 49.7 Å². The molecule has 0 spiro atoms. The Morgan fingerprint density at radius 1 is 1.07 bits per heavy atom. The van der Waals surface area contributed by atoms with Crippen LogP contribution in [0, 0.1) is 0 Å². The normalized spacial score (nSPS) is 10.6. The molecule has 3 N–H and O–H groups in total. The highest BCUT2D eigenvalue weighted by Crippen LogP contribution is 2.25. The van der Waals surface area contributed by atoms with Gasteiger partial charge in [-0.1, -0.05) is 29.8 Å². The molecule has 6 nitrogen and oxygen atoms in total. The molecule has 0 aliphatic carbocycles. The third-order valence-electron chi connectivity index (χ3n) is 3.92. The van der Waals surface area contributed by atoms with Gasteiger partial charge >= 0.3 is 6.03 Å². The number of nitrogens with zero attached hydrogens (tertiary/aromatic N) is 1. The van der Waals surface area contributed by atoms with Gasteiger partial charge in [0, 0.05) is 39.8 Å². The Morgan fingerprint density at radius 3 is 2.48 bits per heavy atom. The van der Waals surface area contributed by atoms with Crippen LogP contribution in [0.25, 0.3) is 0 Å². The summed E-state index contributed by atoms with van der Waals surface area (Å²) in [6.07, 6.45) is 2.40. The monoisotopic (exact) mass is 428 g/mol. The molecule has 0 atom stereocenters. The summed E-state index contributed by atoms with van der Waals surface area (Å²) in [5, 5.41) is 9.49. The summed E-state index contributed by atoms with van der Waals surface area (Å²) in [7, 11) is 0. The molecule has 0 saturated carbocycles. The van der Waals surface area contributed by atoms with E-state index in [2.05, 4.69) is 20.9 Å². The van der Waals surface area contributed by atoms with E-state index in [1.165, 1.54) is 11.3 Å².